The number of benzene rings is 2. The molecule has 0 aromatic heterocycles. The molecule has 1 saturated heterocycles. The molecule has 4 rings (SSSR count). The number of urea groups is 1. The fourth-order valence-electron chi connectivity index (χ4n) is 3.52. The number of imide groups is 1. The van der Waals surface area contributed by atoms with Gasteiger partial charge < -0.3 is 20.1 Å². The lowest BCUT2D eigenvalue weighted by molar-refractivity contribution is -0.133. The fourth-order valence-corrected chi connectivity index (χ4v) is 3.52. The van der Waals surface area contributed by atoms with E-state index in [1.54, 1.807) is 31.2 Å². The number of para-hydroxylation sites is 1. The molecule has 29 heavy (non-hydrogen) atoms. The number of nitrogens with zero attached hydrogens (tertiary/aromatic N) is 1. The first kappa shape index (κ1) is 18.8. The van der Waals surface area contributed by atoms with Crippen LogP contribution < -0.4 is 20.1 Å². The van der Waals surface area contributed by atoms with Gasteiger partial charge in [-0.05, 0) is 43.2 Å². The van der Waals surface area contributed by atoms with E-state index in [9.17, 15) is 14.4 Å². The molecule has 0 bridgehead atoms. The van der Waals surface area contributed by atoms with Gasteiger partial charge in [0.25, 0.3) is 5.91 Å². The topological polar surface area (TPSA) is 97.0 Å². The summed E-state index contributed by atoms with van der Waals surface area (Å²) in [6.07, 6.45) is 0.268. The molecule has 2 aliphatic rings. The van der Waals surface area contributed by atoms with Crippen LogP contribution in [0.5, 0.6) is 11.5 Å². The Bertz CT molecular complexity index is 1010. The Morgan fingerprint density at radius 1 is 1.17 bits per heavy atom. The van der Waals surface area contributed by atoms with Gasteiger partial charge in [-0.1, -0.05) is 24.3 Å². The van der Waals surface area contributed by atoms with Crippen molar-refractivity contribution in [1.82, 2.24) is 10.2 Å². The summed E-state index contributed by atoms with van der Waals surface area (Å²) in [7, 11) is 0. The molecule has 2 heterocycles. The van der Waals surface area contributed by atoms with Gasteiger partial charge in [0, 0.05) is 12.1 Å². The number of aryl methyl sites for hydroxylation is 1. The summed E-state index contributed by atoms with van der Waals surface area (Å²) in [6, 6.07) is 12.1. The van der Waals surface area contributed by atoms with Crippen molar-refractivity contribution in [1.29, 1.82) is 0 Å². The molecule has 1 fully saturated rings. The summed E-state index contributed by atoms with van der Waals surface area (Å²) in [4.78, 5) is 38.7. The van der Waals surface area contributed by atoms with E-state index in [4.69, 9.17) is 9.47 Å². The highest BCUT2D eigenvalue weighted by atomic mass is 16.7. The maximum Gasteiger partial charge on any atom is 0.325 e. The molecule has 2 aromatic rings. The molecule has 0 radical (unpaired) electrons. The second kappa shape index (κ2) is 7.12. The molecule has 2 aliphatic heterocycles. The fraction of sp³-hybridized carbons (Fsp3) is 0.286. The highest BCUT2D eigenvalue weighted by Crippen LogP contribution is 2.34. The molecular formula is C21H21N3O5. The summed E-state index contributed by atoms with van der Waals surface area (Å²) in [5.41, 5.74) is 1.21. The van der Waals surface area contributed by atoms with Crippen molar-refractivity contribution in [2.75, 3.05) is 18.7 Å². The van der Waals surface area contributed by atoms with Gasteiger partial charge in [0.1, 0.15) is 12.1 Å². The predicted molar refractivity (Wildman–Crippen MR) is 105 cm³/mol. The Morgan fingerprint density at radius 2 is 1.93 bits per heavy atom. The second-order valence-electron chi connectivity index (χ2n) is 7.38. The molecule has 1 atom stereocenters. The molecule has 150 valence electrons. The molecule has 2 N–H and O–H groups in total. The van der Waals surface area contributed by atoms with Crippen molar-refractivity contribution < 1.29 is 23.9 Å². The number of hydrogen-bond acceptors (Lipinski definition) is 5. The van der Waals surface area contributed by atoms with E-state index in [1.165, 1.54) is 0 Å². The Balaban J connectivity index is 1.45. The maximum atomic E-state index is 12.9. The van der Waals surface area contributed by atoms with Crippen molar-refractivity contribution in [3.63, 3.8) is 0 Å². The highest BCUT2D eigenvalue weighted by molar-refractivity contribution is 6.10. The van der Waals surface area contributed by atoms with Gasteiger partial charge in [-0.3, -0.25) is 14.5 Å². The molecule has 0 spiro atoms. The summed E-state index contributed by atoms with van der Waals surface area (Å²) in [6.45, 7) is 3.33. The van der Waals surface area contributed by atoms with Crippen molar-refractivity contribution in [3.8, 4) is 11.5 Å². The number of carbonyl (C=O) groups excluding carboxylic acids is 3. The highest BCUT2D eigenvalue weighted by Gasteiger charge is 2.48. The zero-order valence-electron chi connectivity index (χ0n) is 16.2. The minimum Gasteiger partial charge on any atom is -0.454 e. The number of anilines is 1. The van der Waals surface area contributed by atoms with Gasteiger partial charge in [0.15, 0.2) is 11.5 Å². The lowest BCUT2D eigenvalue weighted by Gasteiger charge is -2.22. The number of carbonyl (C=O) groups is 3. The Morgan fingerprint density at radius 3 is 2.72 bits per heavy atom. The van der Waals surface area contributed by atoms with Crippen LogP contribution in [-0.2, 0) is 16.0 Å². The normalized spacial score (nSPS) is 20.0. The van der Waals surface area contributed by atoms with Crippen LogP contribution in [0.1, 0.15) is 18.1 Å². The first-order valence-electron chi connectivity index (χ1n) is 9.24. The largest absolute Gasteiger partial charge is 0.454 e. The Hall–Kier alpha value is -3.55. The van der Waals surface area contributed by atoms with Crippen LogP contribution >= 0.6 is 0 Å². The molecule has 2 aromatic carbocycles. The summed E-state index contributed by atoms with van der Waals surface area (Å²) in [5, 5.41) is 5.45. The van der Waals surface area contributed by atoms with Gasteiger partial charge in [-0.15, -0.1) is 0 Å². The van der Waals surface area contributed by atoms with E-state index in [1.807, 2.05) is 25.1 Å². The SMILES string of the molecule is Cc1ccccc1NC(=O)CN1C(=O)NC(C)(Cc2ccc3c(c2)OCO3)C1=O. The number of amides is 4. The van der Waals surface area contributed by atoms with Crippen LogP contribution in [0.25, 0.3) is 0 Å². The van der Waals surface area contributed by atoms with E-state index >= 15 is 0 Å². The minimum atomic E-state index is -1.15. The molecule has 8 nitrogen and oxygen atoms in total. The third-order valence-electron chi connectivity index (χ3n) is 5.06. The van der Waals surface area contributed by atoms with E-state index in [0.29, 0.717) is 17.2 Å². The number of fused-ring (bicyclic) bond motifs is 1. The van der Waals surface area contributed by atoms with E-state index < -0.39 is 23.4 Å². The van der Waals surface area contributed by atoms with Crippen molar-refractivity contribution in [2.45, 2.75) is 25.8 Å². The molecule has 0 aliphatic carbocycles. The third kappa shape index (κ3) is 3.61. The monoisotopic (exact) mass is 395 g/mol. The van der Waals surface area contributed by atoms with E-state index in [-0.39, 0.29) is 19.8 Å². The van der Waals surface area contributed by atoms with Crippen LogP contribution in [0, 0.1) is 6.92 Å². The Kier molecular flexibility index (Phi) is 4.62. The number of rotatable bonds is 5. The molecular weight excluding hydrogens is 374 g/mol. The lowest BCUT2D eigenvalue weighted by atomic mass is 9.92. The maximum absolute atomic E-state index is 12.9. The number of nitrogens with one attached hydrogen (secondary N) is 2. The Labute approximate surface area is 167 Å². The molecule has 8 heteroatoms. The van der Waals surface area contributed by atoms with E-state index in [0.717, 1.165) is 16.0 Å². The molecule has 1 unspecified atom stereocenters. The summed E-state index contributed by atoms with van der Waals surface area (Å²) >= 11 is 0. The van der Waals surface area contributed by atoms with Crippen LogP contribution in [-0.4, -0.2) is 41.6 Å². The second-order valence-corrected chi connectivity index (χ2v) is 7.38. The molecule has 0 saturated carbocycles. The lowest BCUT2D eigenvalue weighted by Crippen LogP contribution is -2.46. The standard InChI is InChI=1S/C21H21N3O5/c1-13-5-3-4-6-15(13)22-18(25)11-24-19(26)21(2,23-20(24)27)10-14-7-8-16-17(9-14)29-12-28-16/h3-9H,10-12H2,1-2H3,(H,22,25)(H,23,27). The van der Waals surface area contributed by atoms with Crippen molar-refractivity contribution in [2.24, 2.45) is 0 Å². The quantitative estimate of drug-likeness (QED) is 0.757. The summed E-state index contributed by atoms with van der Waals surface area (Å²) in [5.74, 6) is 0.378. The van der Waals surface area contributed by atoms with Crippen molar-refractivity contribution in [3.05, 3.63) is 53.6 Å². The predicted octanol–water partition coefficient (Wildman–Crippen LogP) is 2.22. The first-order chi connectivity index (χ1) is 13.9. The van der Waals surface area contributed by atoms with Crippen LogP contribution in [0.15, 0.2) is 42.5 Å². The average Bonchev–Trinajstić information content (AvgIpc) is 3.22. The number of ether oxygens (including phenoxy) is 2. The average molecular weight is 395 g/mol. The summed E-state index contributed by atoms with van der Waals surface area (Å²) < 4.78 is 10.7. The van der Waals surface area contributed by atoms with Gasteiger partial charge >= 0.3 is 6.03 Å². The van der Waals surface area contributed by atoms with E-state index in [2.05, 4.69) is 10.6 Å². The first-order valence-corrected chi connectivity index (χ1v) is 9.24. The minimum absolute atomic E-state index is 0.162. The zero-order valence-corrected chi connectivity index (χ0v) is 16.2. The van der Waals surface area contributed by atoms with Crippen LogP contribution in [0.2, 0.25) is 0 Å². The van der Waals surface area contributed by atoms with Crippen LogP contribution in [0.3, 0.4) is 0 Å². The zero-order chi connectivity index (χ0) is 20.6. The third-order valence-corrected chi connectivity index (χ3v) is 5.06. The van der Waals surface area contributed by atoms with Gasteiger partial charge in [-0.2, -0.15) is 0 Å². The van der Waals surface area contributed by atoms with Gasteiger partial charge in [0.2, 0.25) is 12.7 Å². The van der Waals surface area contributed by atoms with Crippen molar-refractivity contribution >= 4 is 23.5 Å². The molecule has 4 amide bonds. The van der Waals surface area contributed by atoms with Gasteiger partial charge in [0.05, 0.1) is 0 Å². The smallest absolute Gasteiger partial charge is 0.325 e. The number of hydrogen-bond donors (Lipinski definition) is 2. The van der Waals surface area contributed by atoms with Crippen LogP contribution in [0.4, 0.5) is 10.5 Å². The van der Waals surface area contributed by atoms with Gasteiger partial charge in [-0.25, -0.2) is 4.79 Å².